The van der Waals surface area contributed by atoms with Crippen LogP contribution in [0.25, 0.3) is 0 Å². The number of halogens is 1. The topological polar surface area (TPSA) is 73.6 Å². The maximum absolute atomic E-state index is 13.9. The number of hydrogen-bond acceptors (Lipinski definition) is 6. The van der Waals surface area contributed by atoms with Gasteiger partial charge in [-0.15, -0.1) is 11.3 Å². The Balaban J connectivity index is 1.43. The molecule has 0 bridgehead atoms. The van der Waals surface area contributed by atoms with Crippen molar-refractivity contribution in [3.63, 3.8) is 0 Å². The summed E-state index contributed by atoms with van der Waals surface area (Å²) in [4.78, 5) is 36.0. The van der Waals surface area contributed by atoms with Crippen LogP contribution in [0.4, 0.5) is 10.7 Å². The summed E-state index contributed by atoms with van der Waals surface area (Å²) in [5.74, 6) is -1.46. The number of benzene rings is 2. The lowest BCUT2D eigenvalue weighted by molar-refractivity contribution is -0.126. The first-order valence-electron chi connectivity index (χ1n) is 11.3. The molecule has 0 radical (unpaired) electrons. The zero-order valence-corrected chi connectivity index (χ0v) is 19.7. The number of anilines is 2. The van der Waals surface area contributed by atoms with Gasteiger partial charge in [-0.1, -0.05) is 41.9 Å². The van der Waals surface area contributed by atoms with Gasteiger partial charge in [-0.2, -0.15) is 5.26 Å². The lowest BCUT2D eigenvalue weighted by atomic mass is 9.90. The second-order valence-electron chi connectivity index (χ2n) is 8.72. The van der Waals surface area contributed by atoms with E-state index in [-0.39, 0.29) is 5.91 Å². The van der Waals surface area contributed by atoms with Gasteiger partial charge in [0.05, 0.1) is 17.3 Å². The van der Waals surface area contributed by atoms with Crippen LogP contribution in [-0.2, 0) is 27.3 Å². The van der Waals surface area contributed by atoms with E-state index in [1.807, 2.05) is 42.5 Å². The molecule has 170 valence electrons. The fourth-order valence-electron chi connectivity index (χ4n) is 5.24. The number of hydroxylamine groups is 1. The summed E-state index contributed by atoms with van der Waals surface area (Å²) in [6, 6.07) is 18.5. The normalized spacial score (nSPS) is 23.7. The molecule has 0 unspecified atom stereocenters. The smallest absolute Gasteiger partial charge is 0.267 e. The Kier molecular flexibility index (Phi) is 5.18. The number of nitrogens with zero attached hydrogens (tertiary/aromatic N) is 3. The average molecular weight is 490 g/mol. The molecule has 0 spiro atoms. The van der Waals surface area contributed by atoms with E-state index in [0.717, 1.165) is 41.7 Å². The van der Waals surface area contributed by atoms with Crippen LogP contribution < -0.4 is 9.96 Å². The maximum atomic E-state index is 13.9. The molecule has 1 aromatic heterocycles. The highest BCUT2D eigenvalue weighted by Gasteiger charge is 2.61. The second-order valence-corrected chi connectivity index (χ2v) is 10.2. The minimum absolute atomic E-state index is 0.324. The Bertz CT molecular complexity index is 1330. The van der Waals surface area contributed by atoms with Crippen molar-refractivity contribution >= 4 is 45.4 Å². The largest absolute Gasteiger partial charge is 0.273 e. The van der Waals surface area contributed by atoms with Crippen LogP contribution >= 0.6 is 22.9 Å². The highest BCUT2D eigenvalue weighted by Crippen LogP contribution is 2.50. The lowest BCUT2D eigenvalue weighted by Gasteiger charge is -2.28. The minimum Gasteiger partial charge on any atom is -0.273 e. The van der Waals surface area contributed by atoms with Crippen molar-refractivity contribution in [2.24, 2.45) is 5.92 Å². The highest BCUT2D eigenvalue weighted by atomic mass is 35.5. The zero-order valence-electron chi connectivity index (χ0n) is 18.1. The molecule has 1 aliphatic carbocycles. The van der Waals surface area contributed by atoms with Gasteiger partial charge in [-0.25, -0.2) is 9.96 Å². The van der Waals surface area contributed by atoms with Gasteiger partial charge in [0, 0.05) is 9.90 Å². The van der Waals surface area contributed by atoms with Crippen LogP contribution in [0.1, 0.15) is 40.5 Å². The maximum Gasteiger partial charge on any atom is 0.267 e. The van der Waals surface area contributed by atoms with E-state index in [0.29, 0.717) is 21.3 Å². The van der Waals surface area contributed by atoms with Crippen molar-refractivity contribution in [2.45, 2.75) is 37.8 Å². The number of amides is 2. The number of nitriles is 1. The summed E-state index contributed by atoms with van der Waals surface area (Å²) in [5.41, 5.74) is 3.05. The van der Waals surface area contributed by atoms with E-state index in [2.05, 4.69) is 6.07 Å². The van der Waals surface area contributed by atoms with Crippen molar-refractivity contribution in [2.75, 3.05) is 9.96 Å². The van der Waals surface area contributed by atoms with Gasteiger partial charge in [0.25, 0.3) is 5.91 Å². The van der Waals surface area contributed by atoms with Gasteiger partial charge >= 0.3 is 0 Å². The number of fused-ring (bicyclic) bond motifs is 2. The van der Waals surface area contributed by atoms with Crippen molar-refractivity contribution < 1.29 is 14.4 Å². The molecule has 2 aromatic carbocycles. The monoisotopic (exact) mass is 489 g/mol. The summed E-state index contributed by atoms with van der Waals surface area (Å²) in [6.07, 6.45) is 2.80. The number of hydrogen-bond donors (Lipinski definition) is 0. The van der Waals surface area contributed by atoms with Crippen molar-refractivity contribution in [3.8, 4) is 6.07 Å². The predicted molar refractivity (Wildman–Crippen MR) is 130 cm³/mol. The summed E-state index contributed by atoms with van der Waals surface area (Å²) in [7, 11) is 0. The fraction of sp³-hybridized carbons (Fsp3) is 0.269. The van der Waals surface area contributed by atoms with Crippen molar-refractivity contribution in [1.29, 1.82) is 5.26 Å². The first-order chi connectivity index (χ1) is 16.6. The van der Waals surface area contributed by atoms with Crippen LogP contribution in [0.3, 0.4) is 0 Å². The Morgan fingerprint density at radius 1 is 1.00 bits per heavy atom. The van der Waals surface area contributed by atoms with Crippen LogP contribution in [0.15, 0.2) is 54.6 Å². The SMILES string of the molecule is N#Cc1c(N2C(=O)[C@H]3[C@H](ON(c4ccc(Cl)cc4)[C@@H]3c3ccccc3)C2=O)sc2c1CCCC2. The van der Waals surface area contributed by atoms with Gasteiger partial charge in [0.2, 0.25) is 5.91 Å². The quantitative estimate of drug-likeness (QED) is 0.472. The van der Waals surface area contributed by atoms with Crippen LogP contribution in [0.2, 0.25) is 5.02 Å². The van der Waals surface area contributed by atoms with Gasteiger partial charge < -0.3 is 0 Å². The molecule has 2 aliphatic heterocycles. The molecule has 34 heavy (non-hydrogen) atoms. The lowest BCUT2D eigenvalue weighted by Crippen LogP contribution is -2.37. The van der Waals surface area contributed by atoms with E-state index in [1.54, 1.807) is 17.2 Å². The van der Waals surface area contributed by atoms with Crippen LogP contribution in [0.5, 0.6) is 0 Å². The molecule has 2 saturated heterocycles. The van der Waals surface area contributed by atoms with Crippen molar-refractivity contribution in [3.05, 3.63) is 81.2 Å². The van der Waals surface area contributed by atoms with Crippen LogP contribution in [-0.4, -0.2) is 17.9 Å². The number of rotatable bonds is 3. The van der Waals surface area contributed by atoms with Crippen LogP contribution in [0, 0.1) is 17.2 Å². The number of carbonyl (C=O) groups is 2. The molecule has 3 atom stereocenters. The Hall–Kier alpha value is -3.18. The highest BCUT2D eigenvalue weighted by molar-refractivity contribution is 7.17. The van der Waals surface area contributed by atoms with Gasteiger partial charge in [0.15, 0.2) is 6.10 Å². The number of carbonyl (C=O) groups excluding carboxylic acids is 2. The molecule has 6 rings (SSSR count). The van der Waals surface area contributed by atoms with E-state index < -0.39 is 24.0 Å². The van der Waals surface area contributed by atoms with Gasteiger partial charge in [-0.3, -0.25) is 14.4 Å². The molecule has 2 fully saturated rings. The Morgan fingerprint density at radius 3 is 2.47 bits per heavy atom. The first kappa shape index (κ1) is 21.4. The summed E-state index contributed by atoms with van der Waals surface area (Å²) in [6.45, 7) is 0. The first-order valence-corrected chi connectivity index (χ1v) is 12.5. The Labute approximate surface area is 205 Å². The summed E-state index contributed by atoms with van der Waals surface area (Å²) >= 11 is 7.48. The molecule has 3 aliphatic rings. The third-order valence-electron chi connectivity index (χ3n) is 6.81. The predicted octanol–water partition coefficient (Wildman–Crippen LogP) is 5.20. The van der Waals surface area contributed by atoms with E-state index >= 15 is 0 Å². The molecule has 2 amide bonds. The number of thiophene rings is 1. The molecular weight excluding hydrogens is 470 g/mol. The van der Waals surface area contributed by atoms with E-state index in [4.69, 9.17) is 16.4 Å². The molecule has 8 heteroatoms. The number of aryl methyl sites for hydroxylation is 1. The summed E-state index contributed by atoms with van der Waals surface area (Å²) < 4.78 is 0. The molecule has 0 saturated carbocycles. The Morgan fingerprint density at radius 2 is 1.74 bits per heavy atom. The average Bonchev–Trinajstić information content (AvgIpc) is 3.50. The molecule has 3 aromatic rings. The van der Waals surface area contributed by atoms with E-state index in [1.165, 1.54) is 16.2 Å². The third-order valence-corrected chi connectivity index (χ3v) is 8.33. The summed E-state index contributed by atoms with van der Waals surface area (Å²) in [5, 5.41) is 12.6. The zero-order chi connectivity index (χ0) is 23.4. The third kappa shape index (κ3) is 3.17. The van der Waals surface area contributed by atoms with E-state index in [9.17, 15) is 14.9 Å². The van der Waals surface area contributed by atoms with Gasteiger partial charge in [-0.05, 0) is 61.1 Å². The number of imide groups is 1. The molecule has 3 heterocycles. The molecule has 0 N–H and O–H groups in total. The molecule has 6 nitrogen and oxygen atoms in total. The molecular formula is C26H20ClN3O3S. The van der Waals surface area contributed by atoms with Crippen molar-refractivity contribution in [1.82, 2.24) is 0 Å². The van der Waals surface area contributed by atoms with Gasteiger partial charge in [0.1, 0.15) is 17.0 Å². The minimum atomic E-state index is -0.959. The fourth-order valence-corrected chi connectivity index (χ4v) is 6.72. The second kappa shape index (κ2) is 8.24. The standard InChI is InChI=1S/C26H20ClN3O3S/c27-16-10-12-17(13-11-16)30-22(15-6-2-1-3-7-15)21-23(33-30)25(32)29(24(21)31)26-19(14-28)18-8-4-5-9-20(18)34-26/h1-3,6-7,10-13,21-23H,4-5,8-9H2/t21-,22-,23+/m1/s1.